The van der Waals surface area contributed by atoms with Crippen LogP contribution in [0.5, 0.6) is 0 Å². The van der Waals surface area contributed by atoms with E-state index in [4.69, 9.17) is 0 Å². The Morgan fingerprint density at radius 3 is 2.92 bits per heavy atom. The normalized spacial score (nSPS) is 17.6. The molecule has 0 aliphatic carbocycles. The summed E-state index contributed by atoms with van der Waals surface area (Å²) >= 11 is 0. The Balaban J connectivity index is 1.55. The summed E-state index contributed by atoms with van der Waals surface area (Å²) in [6.07, 6.45) is 6.29. The van der Waals surface area contributed by atoms with Gasteiger partial charge in [0.15, 0.2) is 0 Å². The first kappa shape index (κ1) is 15.5. The highest BCUT2D eigenvalue weighted by atomic mass is 16.2. The van der Waals surface area contributed by atoms with Gasteiger partial charge in [-0.15, -0.1) is 5.10 Å². The molecule has 0 saturated carbocycles. The van der Waals surface area contributed by atoms with Gasteiger partial charge in [0, 0.05) is 6.54 Å². The number of aromatic amines is 1. The number of rotatable bonds is 4. The van der Waals surface area contributed by atoms with Crippen molar-refractivity contribution in [1.29, 1.82) is 0 Å². The average Bonchev–Trinajstić information content (AvgIpc) is 3.34. The molecule has 0 bridgehead atoms. The standard InChI is InChI=1S/C17H19N7O/c25-16(11-23-12-19-21-22-23)24-9-5-4-8-15(24)17-18-10-14(20-17)13-6-2-1-3-7-13/h1-3,6-7,10,12,15H,4-5,8-9,11H2,(H,18,20). The van der Waals surface area contributed by atoms with Crippen molar-refractivity contribution in [3.8, 4) is 11.3 Å². The van der Waals surface area contributed by atoms with Crippen molar-refractivity contribution in [3.63, 3.8) is 0 Å². The quantitative estimate of drug-likeness (QED) is 0.784. The topological polar surface area (TPSA) is 92.6 Å². The van der Waals surface area contributed by atoms with E-state index >= 15 is 0 Å². The lowest BCUT2D eigenvalue weighted by Crippen LogP contribution is -2.40. The van der Waals surface area contributed by atoms with Crippen LogP contribution >= 0.6 is 0 Å². The van der Waals surface area contributed by atoms with Crippen LogP contribution in [0, 0.1) is 0 Å². The zero-order valence-electron chi connectivity index (χ0n) is 13.7. The third-order valence-electron chi connectivity index (χ3n) is 4.51. The summed E-state index contributed by atoms with van der Waals surface area (Å²) in [7, 11) is 0. The van der Waals surface area contributed by atoms with Crippen molar-refractivity contribution in [2.75, 3.05) is 6.54 Å². The van der Waals surface area contributed by atoms with Crippen molar-refractivity contribution in [1.82, 2.24) is 35.1 Å². The summed E-state index contributed by atoms with van der Waals surface area (Å²) in [6.45, 7) is 0.878. The number of hydrogen-bond donors (Lipinski definition) is 1. The van der Waals surface area contributed by atoms with Gasteiger partial charge in [0.05, 0.1) is 17.9 Å². The van der Waals surface area contributed by atoms with Crippen LogP contribution in [0.1, 0.15) is 31.1 Å². The number of likely N-dealkylation sites (tertiary alicyclic amines) is 1. The average molecular weight is 337 g/mol. The van der Waals surface area contributed by atoms with Crippen LogP contribution in [0.3, 0.4) is 0 Å². The Morgan fingerprint density at radius 1 is 1.24 bits per heavy atom. The molecule has 1 aliphatic rings. The number of tetrazole rings is 1. The highest BCUT2D eigenvalue weighted by molar-refractivity contribution is 5.76. The van der Waals surface area contributed by atoms with Gasteiger partial charge in [0.25, 0.3) is 0 Å². The Labute approximate surface area is 144 Å². The minimum absolute atomic E-state index is 0.00895. The van der Waals surface area contributed by atoms with Crippen molar-refractivity contribution < 1.29 is 4.79 Å². The number of nitrogens with zero attached hydrogens (tertiary/aromatic N) is 6. The van der Waals surface area contributed by atoms with Crippen molar-refractivity contribution in [2.45, 2.75) is 31.8 Å². The largest absolute Gasteiger partial charge is 0.340 e. The van der Waals surface area contributed by atoms with Gasteiger partial charge in [-0.2, -0.15) is 0 Å². The third-order valence-corrected chi connectivity index (χ3v) is 4.51. The van der Waals surface area contributed by atoms with E-state index in [0.717, 1.165) is 42.9 Å². The maximum Gasteiger partial charge on any atom is 0.245 e. The number of benzene rings is 1. The second-order valence-corrected chi connectivity index (χ2v) is 6.15. The summed E-state index contributed by atoms with van der Waals surface area (Å²) in [6, 6.07) is 10.0. The van der Waals surface area contributed by atoms with Gasteiger partial charge in [0.2, 0.25) is 5.91 Å². The van der Waals surface area contributed by atoms with E-state index < -0.39 is 0 Å². The van der Waals surface area contributed by atoms with Crippen molar-refractivity contribution in [2.24, 2.45) is 0 Å². The van der Waals surface area contributed by atoms with Crippen molar-refractivity contribution in [3.05, 3.63) is 48.7 Å². The molecule has 128 valence electrons. The predicted octanol–water partition coefficient (Wildman–Crippen LogP) is 1.82. The molecule has 1 aliphatic heterocycles. The minimum atomic E-state index is -0.0322. The van der Waals surface area contributed by atoms with E-state index in [1.165, 1.54) is 11.0 Å². The lowest BCUT2D eigenvalue weighted by atomic mass is 10.0. The number of carbonyl (C=O) groups excluding carboxylic acids is 1. The van der Waals surface area contributed by atoms with E-state index in [1.807, 2.05) is 41.4 Å². The van der Waals surface area contributed by atoms with Crippen LogP contribution in [0.2, 0.25) is 0 Å². The molecule has 1 aromatic carbocycles. The van der Waals surface area contributed by atoms with Crippen LogP contribution in [-0.4, -0.2) is 47.5 Å². The second-order valence-electron chi connectivity index (χ2n) is 6.15. The molecule has 0 radical (unpaired) electrons. The first-order valence-electron chi connectivity index (χ1n) is 8.42. The number of amides is 1. The number of hydrogen-bond acceptors (Lipinski definition) is 5. The van der Waals surface area contributed by atoms with Gasteiger partial charge >= 0.3 is 0 Å². The van der Waals surface area contributed by atoms with Gasteiger partial charge in [-0.25, -0.2) is 9.67 Å². The van der Waals surface area contributed by atoms with Crippen LogP contribution in [0.25, 0.3) is 11.3 Å². The molecule has 1 unspecified atom stereocenters. The van der Waals surface area contributed by atoms with Gasteiger partial charge in [-0.05, 0) is 35.3 Å². The predicted molar refractivity (Wildman–Crippen MR) is 90.1 cm³/mol. The molecule has 1 fully saturated rings. The molecule has 1 amide bonds. The highest BCUT2D eigenvalue weighted by Gasteiger charge is 2.30. The number of piperidine rings is 1. The SMILES string of the molecule is O=C(Cn1cnnn1)N1CCCCC1c1ncc(-c2ccccc2)[nH]1. The molecule has 1 N–H and O–H groups in total. The maximum absolute atomic E-state index is 12.7. The summed E-state index contributed by atoms with van der Waals surface area (Å²) in [5.74, 6) is 0.846. The number of imidazole rings is 1. The third kappa shape index (κ3) is 3.28. The molecule has 4 rings (SSSR count). The monoisotopic (exact) mass is 337 g/mol. The Bertz CT molecular complexity index is 828. The molecule has 25 heavy (non-hydrogen) atoms. The molecule has 3 aromatic rings. The molecular formula is C17H19N7O. The van der Waals surface area contributed by atoms with E-state index in [1.54, 1.807) is 0 Å². The van der Waals surface area contributed by atoms with E-state index in [0.29, 0.717) is 0 Å². The summed E-state index contributed by atoms with van der Waals surface area (Å²) in [5, 5.41) is 10.9. The summed E-state index contributed by atoms with van der Waals surface area (Å²) in [4.78, 5) is 22.5. The fraction of sp³-hybridized carbons (Fsp3) is 0.353. The molecule has 8 heteroatoms. The zero-order chi connectivity index (χ0) is 17.1. The van der Waals surface area contributed by atoms with Gasteiger partial charge < -0.3 is 9.88 Å². The second kappa shape index (κ2) is 6.84. The number of nitrogens with one attached hydrogen (secondary N) is 1. The smallest absolute Gasteiger partial charge is 0.245 e. The first-order chi connectivity index (χ1) is 12.3. The van der Waals surface area contributed by atoms with Crippen molar-refractivity contribution >= 4 is 5.91 Å². The molecule has 2 aromatic heterocycles. The van der Waals surface area contributed by atoms with Crippen LogP contribution in [0.4, 0.5) is 0 Å². The molecule has 1 atom stereocenters. The van der Waals surface area contributed by atoms with Gasteiger partial charge in [-0.3, -0.25) is 4.79 Å². The number of H-pyrrole nitrogens is 1. The highest BCUT2D eigenvalue weighted by Crippen LogP contribution is 2.30. The van der Waals surface area contributed by atoms with E-state index in [2.05, 4.69) is 25.5 Å². The molecule has 3 heterocycles. The first-order valence-corrected chi connectivity index (χ1v) is 8.42. The molecule has 0 spiro atoms. The minimum Gasteiger partial charge on any atom is -0.340 e. The number of aromatic nitrogens is 6. The van der Waals surface area contributed by atoms with Crippen LogP contribution in [-0.2, 0) is 11.3 Å². The summed E-state index contributed by atoms with van der Waals surface area (Å²) < 4.78 is 1.45. The van der Waals surface area contributed by atoms with Crippen LogP contribution < -0.4 is 0 Å². The zero-order valence-corrected chi connectivity index (χ0v) is 13.7. The Morgan fingerprint density at radius 2 is 2.12 bits per heavy atom. The Hall–Kier alpha value is -3.03. The lowest BCUT2D eigenvalue weighted by Gasteiger charge is -2.34. The summed E-state index contributed by atoms with van der Waals surface area (Å²) in [5.41, 5.74) is 2.05. The van der Waals surface area contributed by atoms with E-state index in [9.17, 15) is 4.79 Å². The van der Waals surface area contributed by atoms with Crippen LogP contribution in [0.15, 0.2) is 42.9 Å². The Kier molecular flexibility index (Phi) is 4.24. The van der Waals surface area contributed by atoms with Gasteiger partial charge in [-0.1, -0.05) is 30.3 Å². The fourth-order valence-electron chi connectivity index (χ4n) is 3.27. The molecule has 8 nitrogen and oxygen atoms in total. The van der Waals surface area contributed by atoms with Gasteiger partial charge in [0.1, 0.15) is 18.7 Å². The number of carbonyl (C=O) groups is 1. The fourth-order valence-corrected chi connectivity index (χ4v) is 3.27. The molecular weight excluding hydrogens is 318 g/mol. The molecule has 1 saturated heterocycles. The van der Waals surface area contributed by atoms with E-state index in [-0.39, 0.29) is 18.5 Å². The lowest BCUT2D eigenvalue weighted by molar-refractivity contribution is -0.136. The maximum atomic E-state index is 12.7.